The number of carboxylic acid groups (broad SMARTS) is 1. The molecule has 0 aliphatic carbocycles. The van der Waals surface area contributed by atoms with E-state index in [9.17, 15) is 9.90 Å². The Morgan fingerprint density at radius 1 is 1.56 bits per heavy atom. The number of ether oxygens (including phenoxy) is 1. The van der Waals surface area contributed by atoms with Crippen molar-refractivity contribution >= 4 is 5.97 Å². The fourth-order valence-corrected chi connectivity index (χ4v) is 2.00. The maximum Gasteiger partial charge on any atom is 0.310 e. The van der Waals surface area contributed by atoms with Crippen LogP contribution in [0, 0.1) is 5.41 Å². The molecule has 86 valence electrons. The van der Waals surface area contributed by atoms with Crippen molar-refractivity contribution in [2.75, 3.05) is 13.2 Å². The third-order valence-corrected chi connectivity index (χ3v) is 3.00. The zero-order valence-electron chi connectivity index (χ0n) is 9.22. The van der Waals surface area contributed by atoms with Gasteiger partial charge in [-0.1, -0.05) is 6.92 Å². The molecule has 0 radical (unpaired) electrons. The lowest BCUT2D eigenvalue weighted by Crippen LogP contribution is -2.41. The number of pyridine rings is 1. The molecule has 4 nitrogen and oxygen atoms in total. The van der Waals surface area contributed by atoms with E-state index in [0.717, 1.165) is 5.56 Å². The number of rotatable bonds is 4. The smallest absolute Gasteiger partial charge is 0.310 e. The van der Waals surface area contributed by atoms with Crippen LogP contribution in [0.25, 0.3) is 0 Å². The van der Waals surface area contributed by atoms with Crippen molar-refractivity contribution in [3.05, 3.63) is 30.1 Å². The monoisotopic (exact) mass is 221 g/mol. The van der Waals surface area contributed by atoms with E-state index in [1.165, 1.54) is 0 Å². The van der Waals surface area contributed by atoms with Gasteiger partial charge in [0.15, 0.2) is 0 Å². The lowest BCUT2D eigenvalue weighted by molar-refractivity contribution is -0.145. The lowest BCUT2D eigenvalue weighted by Gasteiger charge is -2.39. The number of aromatic nitrogens is 1. The van der Waals surface area contributed by atoms with Gasteiger partial charge in [-0.05, 0) is 24.1 Å². The first-order chi connectivity index (χ1) is 7.61. The van der Waals surface area contributed by atoms with E-state index in [1.807, 2.05) is 0 Å². The summed E-state index contributed by atoms with van der Waals surface area (Å²) in [6, 6.07) is 3.53. The molecule has 1 aromatic heterocycles. The average Bonchev–Trinajstić information content (AvgIpc) is 2.24. The highest BCUT2D eigenvalue weighted by atomic mass is 16.5. The molecule has 16 heavy (non-hydrogen) atoms. The molecule has 0 saturated carbocycles. The van der Waals surface area contributed by atoms with Gasteiger partial charge in [-0.25, -0.2) is 0 Å². The first kappa shape index (κ1) is 11.1. The van der Waals surface area contributed by atoms with E-state index >= 15 is 0 Å². The predicted octanol–water partition coefficient (Wildman–Crippen LogP) is 1.68. The maximum absolute atomic E-state index is 11.3. The molecule has 0 spiro atoms. The summed E-state index contributed by atoms with van der Waals surface area (Å²) in [6.07, 6.45) is 3.88. The predicted molar refractivity (Wildman–Crippen MR) is 58.2 cm³/mol. The Kier molecular flexibility index (Phi) is 2.92. The summed E-state index contributed by atoms with van der Waals surface area (Å²) in [6.45, 7) is 3.37. The number of aliphatic carboxylic acids is 1. The zero-order chi connectivity index (χ0) is 11.6. The molecule has 1 aliphatic heterocycles. The van der Waals surface area contributed by atoms with Gasteiger partial charge in [-0.3, -0.25) is 9.78 Å². The van der Waals surface area contributed by atoms with E-state index in [1.54, 1.807) is 24.5 Å². The highest BCUT2D eigenvalue weighted by Crippen LogP contribution is 2.37. The van der Waals surface area contributed by atoms with Gasteiger partial charge in [0.25, 0.3) is 0 Å². The second-order valence-corrected chi connectivity index (χ2v) is 4.68. The summed E-state index contributed by atoms with van der Waals surface area (Å²) < 4.78 is 5.15. The van der Waals surface area contributed by atoms with Crippen molar-refractivity contribution in [3.8, 4) is 0 Å². The SMILES string of the molecule is CC1(CC(C(=O)O)c2ccncc2)COC1. The summed E-state index contributed by atoms with van der Waals surface area (Å²) in [5.41, 5.74) is 0.822. The molecule has 4 heteroatoms. The normalized spacial score (nSPS) is 19.8. The van der Waals surface area contributed by atoms with Crippen LogP contribution in [0.15, 0.2) is 24.5 Å². The van der Waals surface area contributed by atoms with Crippen LogP contribution in [0.1, 0.15) is 24.8 Å². The summed E-state index contributed by atoms with van der Waals surface area (Å²) >= 11 is 0. The minimum Gasteiger partial charge on any atom is -0.481 e. The summed E-state index contributed by atoms with van der Waals surface area (Å²) in [4.78, 5) is 15.2. The van der Waals surface area contributed by atoms with Crippen LogP contribution in [-0.2, 0) is 9.53 Å². The van der Waals surface area contributed by atoms with Gasteiger partial charge in [0, 0.05) is 17.8 Å². The molecule has 1 aliphatic rings. The second-order valence-electron chi connectivity index (χ2n) is 4.68. The first-order valence-corrected chi connectivity index (χ1v) is 5.31. The standard InChI is InChI=1S/C12H15NO3/c1-12(7-16-8-12)6-10(11(14)15)9-2-4-13-5-3-9/h2-5,10H,6-8H2,1H3,(H,14,15). The van der Waals surface area contributed by atoms with Gasteiger partial charge in [-0.15, -0.1) is 0 Å². The van der Waals surface area contributed by atoms with E-state index in [0.29, 0.717) is 19.6 Å². The molecule has 1 atom stereocenters. The van der Waals surface area contributed by atoms with E-state index in [-0.39, 0.29) is 5.41 Å². The largest absolute Gasteiger partial charge is 0.481 e. The zero-order valence-corrected chi connectivity index (χ0v) is 9.22. The summed E-state index contributed by atoms with van der Waals surface area (Å²) in [7, 11) is 0. The molecule has 1 saturated heterocycles. The van der Waals surface area contributed by atoms with Gasteiger partial charge in [0.1, 0.15) is 0 Å². The molecule has 0 bridgehead atoms. The van der Waals surface area contributed by atoms with Gasteiger partial charge >= 0.3 is 5.97 Å². The summed E-state index contributed by atoms with van der Waals surface area (Å²) in [5, 5.41) is 9.25. The van der Waals surface area contributed by atoms with Crippen LogP contribution in [0.2, 0.25) is 0 Å². The fourth-order valence-electron chi connectivity index (χ4n) is 2.00. The summed E-state index contributed by atoms with van der Waals surface area (Å²) in [5.74, 6) is -1.24. The molecular weight excluding hydrogens is 206 g/mol. The third kappa shape index (κ3) is 2.22. The fraction of sp³-hybridized carbons (Fsp3) is 0.500. The van der Waals surface area contributed by atoms with Crippen LogP contribution in [0.5, 0.6) is 0 Å². The third-order valence-electron chi connectivity index (χ3n) is 3.00. The molecular formula is C12H15NO3. The Bertz CT molecular complexity index is 373. The molecule has 1 fully saturated rings. The topological polar surface area (TPSA) is 59.4 Å². The molecule has 2 heterocycles. The minimum atomic E-state index is -0.778. The molecule has 2 rings (SSSR count). The van der Waals surface area contributed by atoms with Gasteiger partial charge < -0.3 is 9.84 Å². The Hall–Kier alpha value is -1.42. The highest BCUT2D eigenvalue weighted by Gasteiger charge is 2.38. The highest BCUT2D eigenvalue weighted by molar-refractivity contribution is 5.76. The van der Waals surface area contributed by atoms with Crippen LogP contribution in [-0.4, -0.2) is 29.3 Å². The van der Waals surface area contributed by atoms with Crippen molar-refractivity contribution in [2.45, 2.75) is 19.3 Å². The van der Waals surface area contributed by atoms with Gasteiger partial charge in [0.05, 0.1) is 19.1 Å². The van der Waals surface area contributed by atoms with Crippen LogP contribution >= 0.6 is 0 Å². The molecule has 1 N–H and O–H groups in total. The second kappa shape index (κ2) is 4.22. The quantitative estimate of drug-likeness (QED) is 0.840. The van der Waals surface area contributed by atoms with Crippen LogP contribution < -0.4 is 0 Å². The molecule has 1 unspecified atom stereocenters. The Labute approximate surface area is 94.3 Å². The number of carbonyl (C=O) groups is 1. The van der Waals surface area contributed by atoms with Gasteiger partial charge in [0.2, 0.25) is 0 Å². The van der Waals surface area contributed by atoms with Crippen LogP contribution in [0.4, 0.5) is 0 Å². The van der Waals surface area contributed by atoms with E-state index < -0.39 is 11.9 Å². The Morgan fingerprint density at radius 3 is 2.62 bits per heavy atom. The van der Waals surface area contributed by atoms with Crippen molar-refractivity contribution in [2.24, 2.45) is 5.41 Å². The van der Waals surface area contributed by atoms with Crippen molar-refractivity contribution in [3.63, 3.8) is 0 Å². The number of nitrogens with zero attached hydrogens (tertiary/aromatic N) is 1. The number of hydrogen-bond donors (Lipinski definition) is 1. The number of carboxylic acids is 1. The number of hydrogen-bond acceptors (Lipinski definition) is 3. The Morgan fingerprint density at radius 2 is 2.19 bits per heavy atom. The Balaban J connectivity index is 2.15. The van der Waals surface area contributed by atoms with Crippen molar-refractivity contribution < 1.29 is 14.6 Å². The first-order valence-electron chi connectivity index (χ1n) is 5.31. The lowest BCUT2D eigenvalue weighted by atomic mass is 9.77. The maximum atomic E-state index is 11.3. The van der Waals surface area contributed by atoms with E-state index in [2.05, 4.69) is 11.9 Å². The van der Waals surface area contributed by atoms with Crippen molar-refractivity contribution in [1.82, 2.24) is 4.98 Å². The average molecular weight is 221 g/mol. The van der Waals surface area contributed by atoms with Crippen molar-refractivity contribution in [1.29, 1.82) is 0 Å². The van der Waals surface area contributed by atoms with Gasteiger partial charge in [-0.2, -0.15) is 0 Å². The molecule has 0 aromatic carbocycles. The minimum absolute atomic E-state index is 0.00628. The van der Waals surface area contributed by atoms with Crippen LogP contribution in [0.3, 0.4) is 0 Å². The molecule has 1 aromatic rings. The van der Waals surface area contributed by atoms with E-state index in [4.69, 9.17) is 4.74 Å². The molecule has 0 amide bonds.